The van der Waals surface area contributed by atoms with Gasteiger partial charge in [0.1, 0.15) is 0 Å². The number of benzene rings is 1. The summed E-state index contributed by atoms with van der Waals surface area (Å²) in [5.74, 6) is 0.0626. The van der Waals surface area contributed by atoms with Crippen LogP contribution in [0.1, 0.15) is 76.0 Å². The highest BCUT2D eigenvalue weighted by Gasteiger charge is 2.51. The third-order valence-corrected chi connectivity index (χ3v) is 6.70. The van der Waals surface area contributed by atoms with E-state index in [1.807, 2.05) is 6.21 Å². The molecule has 2 aliphatic carbocycles. The number of hydrogen-bond donors (Lipinski definition) is 1. The number of carboxylic acid groups (broad SMARTS) is 1. The van der Waals surface area contributed by atoms with E-state index in [4.69, 9.17) is 9.94 Å². The van der Waals surface area contributed by atoms with Crippen LogP contribution in [0.4, 0.5) is 0 Å². The van der Waals surface area contributed by atoms with Gasteiger partial charge in [0.05, 0.1) is 0 Å². The lowest BCUT2D eigenvalue weighted by Gasteiger charge is -2.54. The Bertz CT molecular complexity index is 711. The maximum atomic E-state index is 10.6. The van der Waals surface area contributed by atoms with Crippen LogP contribution in [0.5, 0.6) is 0 Å². The monoisotopic (exact) mass is 357 g/mol. The molecule has 0 radical (unpaired) electrons. The van der Waals surface area contributed by atoms with Gasteiger partial charge in [0.25, 0.3) is 0 Å². The van der Waals surface area contributed by atoms with Gasteiger partial charge in [-0.1, -0.05) is 57.5 Å². The first-order chi connectivity index (χ1) is 12.3. The Hall–Kier alpha value is -1.84. The molecule has 0 bridgehead atoms. The quantitative estimate of drug-likeness (QED) is 0.602. The Balaban J connectivity index is 1.89. The summed E-state index contributed by atoms with van der Waals surface area (Å²) in [7, 11) is 0. The molecule has 3 rings (SSSR count). The van der Waals surface area contributed by atoms with Crippen LogP contribution in [0, 0.1) is 11.3 Å². The van der Waals surface area contributed by atoms with E-state index in [-0.39, 0.29) is 17.4 Å². The molecule has 0 unspecified atom stereocenters. The topological polar surface area (TPSA) is 58.9 Å². The Morgan fingerprint density at radius 1 is 1.38 bits per heavy atom. The Morgan fingerprint density at radius 3 is 2.85 bits per heavy atom. The van der Waals surface area contributed by atoms with Crippen LogP contribution in [0.3, 0.4) is 0 Å². The second-order valence-corrected chi connectivity index (χ2v) is 8.84. The van der Waals surface area contributed by atoms with E-state index < -0.39 is 5.97 Å². The van der Waals surface area contributed by atoms with Gasteiger partial charge < -0.3 is 9.94 Å². The number of aryl methyl sites for hydroxylation is 1. The van der Waals surface area contributed by atoms with Crippen molar-refractivity contribution in [3.05, 3.63) is 34.9 Å². The zero-order valence-corrected chi connectivity index (χ0v) is 16.4. The zero-order chi connectivity index (χ0) is 18.9. The molecule has 1 fully saturated rings. The first-order valence-electron chi connectivity index (χ1n) is 9.78. The molecule has 0 saturated heterocycles. The number of nitrogens with zero attached hydrogens (tertiary/aromatic N) is 1. The van der Waals surface area contributed by atoms with Crippen molar-refractivity contribution in [2.75, 3.05) is 6.61 Å². The molecule has 142 valence electrons. The number of carbonyl (C=O) groups is 1. The molecule has 1 N–H and O–H groups in total. The largest absolute Gasteiger partial charge is 0.479 e. The first-order valence-corrected chi connectivity index (χ1v) is 9.78. The van der Waals surface area contributed by atoms with Gasteiger partial charge >= 0.3 is 5.97 Å². The van der Waals surface area contributed by atoms with E-state index in [1.54, 1.807) is 0 Å². The minimum Gasteiger partial charge on any atom is -0.479 e. The highest BCUT2D eigenvalue weighted by Crippen LogP contribution is 2.56. The summed E-state index contributed by atoms with van der Waals surface area (Å²) in [5, 5.41) is 12.7. The molecule has 4 heteroatoms. The summed E-state index contributed by atoms with van der Waals surface area (Å²) in [6, 6.07) is 7.07. The predicted molar refractivity (Wildman–Crippen MR) is 104 cm³/mol. The second-order valence-electron chi connectivity index (χ2n) is 8.84. The molecule has 0 spiro atoms. The minimum absolute atomic E-state index is 0.0556. The lowest BCUT2D eigenvalue weighted by Crippen LogP contribution is -2.49. The summed E-state index contributed by atoms with van der Waals surface area (Å²) in [6.45, 7) is 8.79. The van der Waals surface area contributed by atoms with E-state index in [1.165, 1.54) is 23.1 Å². The third kappa shape index (κ3) is 3.38. The number of hydrogen-bond acceptors (Lipinski definition) is 3. The highest BCUT2D eigenvalue weighted by molar-refractivity contribution is 5.69. The summed E-state index contributed by atoms with van der Waals surface area (Å²) in [5.41, 5.74) is 4.53. The van der Waals surface area contributed by atoms with Crippen LogP contribution in [-0.4, -0.2) is 23.9 Å². The molecule has 1 aromatic carbocycles. The second kappa shape index (κ2) is 7.05. The molecule has 1 aromatic rings. The van der Waals surface area contributed by atoms with Crippen LogP contribution in [-0.2, 0) is 21.5 Å². The van der Waals surface area contributed by atoms with Crippen molar-refractivity contribution >= 4 is 12.2 Å². The van der Waals surface area contributed by atoms with E-state index in [2.05, 4.69) is 51.0 Å². The van der Waals surface area contributed by atoms with Gasteiger partial charge in [-0.25, -0.2) is 4.79 Å². The van der Waals surface area contributed by atoms with Gasteiger partial charge in [-0.3, -0.25) is 0 Å². The molecule has 4 nitrogen and oxygen atoms in total. The van der Waals surface area contributed by atoms with Crippen molar-refractivity contribution < 1.29 is 14.7 Å². The standard InChI is InChI=1S/C22H31NO3/c1-15(2)16-6-8-18-17(12-16)7-9-19-21(3,10-5-11-22(18,19)4)14-23-26-13-20(24)25/h6,8,12,14-15,19H,5,7,9-11,13H2,1-4H3,(H,24,25)/b23-14-/t19-,21-,22+/m0/s1. The summed E-state index contributed by atoms with van der Waals surface area (Å²) in [6.07, 6.45) is 7.56. The SMILES string of the molecule is CC(C)c1ccc2c(c1)CC[C@H]1[C@](C)(/C=N\OCC(=O)O)CCC[C@]21C. The Morgan fingerprint density at radius 2 is 2.15 bits per heavy atom. The van der Waals surface area contributed by atoms with Crippen molar-refractivity contribution in [3.8, 4) is 0 Å². The van der Waals surface area contributed by atoms with E-state index >= 15 is 0 Å². The maximum Gasteiger partial charge on any atom is 0.344 e. The molecule has 3 atom stereocenters. The van der Waals surface area contributed by atoms with E-state index in [0.717, 1.165) is 25.7 Å². The molecule has 0 amide bonds. The molecule has 1 saturated carbocycles. The fourth-order valence-electron chi connectivity index (χ4n) is 5.32. The molecule has 0 aromatic heterocycles. The fourth-order valence-corrected chi connectivity index (χ4v) is 5.32. The Kier molecular flexibility index (Phi) is 5.14. The summed E-state index contributed by atoms with van der Waals surface area (Å²) < 4.78 is 0. The van der Waals surface area contributed by atoms with E-state index in [9.17, 15) is 4.79 Å². The minimum atomic E-state index is -0.992. The van der Waals surface area contributed by atoms with Crippen LogP contribution in [0.15, 0.2) is 23.4 Å². The smallest absolute Gasteiger partial charge is 0.344 e. The first kappa shape index (κ1) is 18.9. The van der Waals surface area contributed by atoms with Crippen LogP contribution in [0.25, 0.3) is 0 Å². The Labute approximate surface area is 156 Å². The molecule has 26 heavy (non-hydrogen) atoms. The molecular weight excluding hydrogens is 326 g/mol. The molecule has 2 aliphatic rings. The molecular formula is C22H31NO3. The lowest BCUT2D eigenvalue weighted by molar-refractivity contribution is -0.142. The number of rotatable bonds is 5. The van der Waals surface area contributed by atoms with Gasteiger partial charge in [-0.15, -0.1) is 0 Å². The van der Waals surface area contributed by atoms with Gasteiger partial charge in [0.2, 0.25) is 6.61 Å². The lowest BCUT2D eigenvalue weighted by atomic mass is 9.50. The normalized spacial score (nSPS) is 30.9. The van der Waals surface area contributed by atoms with Crippen LogP contribution < -0.4 is 0 Å². The van der Waals surface area contributed by atoms with Gasteiger partial charge in [0.15, 0.2) is 0 Å². The zero-order valence-electron chi connectivity index (χ0n) is 16.4. The van der Waals surface area contributed by atoms with E-state index in [0.29, 0.717) is 11.8 Å². The maximum absolute atomic E-state index is 10.6. The number of fused-ring (bicyclic) bond motifs is 3. The summed E-state index contributed by atoms with van der Waals surface area (Å²) >= 11 is 0. The predicted octanol–water partition coefficient (Wildman–Crippen LogP) is 4.91. The van der Waals surface area contributed by atoms with Gasteiger partial charge in [-0.2, -0.15) is 0 Å². The highest BCUT2D eigenvalue weighted by atomic mass is 16.6. The van der Waals surface area contributed by atoms with Crippen molar-refractivity contribution in [2.24, 2.45) is 16.5 Å². The number of aliphatic carboxylic acids is 1. The van der Waals surface area contributed by atoms with Crippen LogP contribution in [0.2, 0.25) is 0 Å². The number of oxime groups is 1. The molecule has 0 aliphatic heterocycles. The fraction of sp³-hybridized carbons (Fsp3) is 0.636. The van der Waals surface area contributed by atoms with Crippen molar-refractivity contribution in [3.63, 3.8) is 0 Å². The van der Waals surface area contributed by atoms with Crippen molar-refractivity contribution in [1.29, 1.82) is 0 Å². The third-order valence-electron chi connectivity index (χ3n) is 6.70. The molecule has 0 heterocycles. The van der Waals surface area contributed by atoms with Gasteiger partial charge in [0, 0.05) is 11.6 Å². The summed E-state index contributed by atoms with van der Waals surface area (Å²) in [4.78, 5) is 15.6. The average molecular weight is 357 g/mol. The van der Waals surface area contributed by atoms with Crippen LogP contribution >= 0.6 is 0 Å². The van der Waals surface area contributed by atoms with Gasteiger partial charge in [-0.05, 0) is 59.6 Å². The van der Waals surface area contributed by atoms with Crippen molar-refractivity contribution in [2.45, 2.75) is 71.1 Å². The number of carboxylic acids is 1. The van der Waals surface area contributed by atoms with Crippen molar-refractivity contribution in [1.82, 2.24) is 0 Å². The average Bonchev–Trinajstić information content (AvgIpc) is 2.58.